The topological polar surface area (TPSA) is 69.7 Å². The number of carbonyl (C=O) groups excluding carboxylic acids is 3. The molecule has 5 nitrogen and oxygen atoms in total. The highest BCUT2D eigenvalue weighted by atomic mass is 16.7. The van der Waals surface area contributed by atoms with Crippen LogP contribution in [0, 0.1) is 0 Å². The van der Waals surface area contributed by atoms with Gasteiger partial charge in [-0.1, -0.05) is 19.1 Å². The molecule has 0 aromatic rings. The summed E-state index contributed by atoms with van der Waals surface area (Å²) in [7, 11) is 0. The second-order valence-corrected chi connectivity index (χ2v) is 3.17. The van der Waals surface area contributed by atoms with Crippen molar-refractivity contribution in [2.24, 2.45) is 0 Å². The van der Waals surface area contributed by atoms with Crippen LogP contribution in [0.5, 0.6) is 0 Å². The van der Waals surface area contributed by atoms with Crippen molar-refractivity contribution in [1.29, 1.82) is 0 Å². The van der Waals surface area contributed by atoms with Crippen molar-refractivity contribution in [3.63, 3.8) is 0 Å². The molecule has 0 aromatic carbocycles. The monoisotopic (exact) mass is 224 g/mol. The second-order valence-electron chi connectivity index (χ2n) is 3.17. The first kappa shape index (κ1) is 12.2. The minimum Gasteiger partial charge on any atom is -0.411 e. The molecular weight excluding hydrogens is 212 g/mol. The molecule has 0 spiro atoms. The van der Waals surface area contributed by atoms with Crippen molar-refractivity contribution < 1.29 is 23.9 Å². The van der Waals surface area contributed by atoms with Crippen molar-refractivity contribution in [2.45, 2.75) is 26.1 Å². The quantitative estimate of drug-likeness (QED) is 0.526. The third-order valence-corrected chi connectivity index (χ3v) is 1.87. The minimum absolute atomic E-state index is 0.0911. The maximum Gasteiger partial charge on any atom is 0.340 e. The van der Waals surface area contributed by atoms with Gasteiger partial charge in [0.1, 0.15) is 0 Å². The lowest BCUT2D eigenvalue weighted by Gasteiger charge is -2.27. The van der Waals surface area contributed by atoms with E-state index in [9.17, 15) is 14.4 Å². The molecule has 0 saturated heterocycles. The van der Waals surface area contributed by atoms with E-state index in [0.29, 0.717) is 0 Å². The molecule has 0 bridgehead atoms. The fourth-order valence-electron chi connectivity index (χ4n) is 1.17. The van der Waals surface area contributed by atoms with Gasteiger partial charge in [0, 0.05) is 19.4 Å². The normalized spacial score (nSPS) is 23.0. The highest BCUT2D eigenvalue weighted by Gasteiger charge is 2.42. The Morgan fingerprint density at radius 2 is 2.00 bits per heavy atom. The molecule has 0 fully saturated rings. The van der Waals surface area contributed by atoms with Crippen LogP contribution in [0.4, 0.5) is 0 Å². The fraction of sp³-hybridized carbons (Fsp3) is 0.364. The summed E-state index contributed by atoms with van der Waals surface area (Å²) in [5.41, 5.74) is 0. The number of allylic oxidation sites excluding steroid dienone is 2. The predicted octanol–water partition coefficient (Wildman–Crippen LogP) is 0.894. The summed E-state index contributed by atoms with van der Waals surface area (Å²) in [4.78, 5) is 33.7. The molecule has 1 atom stereocenters. The number of ether oxygens (including phenoxy) is 2. The molecule has 0 aliphatic heterocycles. The summed E-state index contributed by atoms with van der Waals surface area (Å²) in [5.74, 6) is -3.83. The van der Waals surface area contributed by atoms with E-state index in [1.54, 1.807) is 6.92 Å². The number of hydrogen-bond donors (Lipinski definition) is 0. The SMILES string of the molecule is CCC(=O)OC1(OC(C)=O)C=CC=CC1=O. The first-order valence-corrected chi connectivity index (χ1v) is 4.82. The Morgan fingerprint density at radius 3 is 2.50 bits per heavy atom. The number of hydrogen-bond acceptors (Lipinski definition) is 5. The summed E-state index contributed by atoms with van der Waals surface area (Å²) >= 11 is 0. The largest absolute Gasteiger partial charge is 0.411 e. The smallest absolute Gasteiger partial charge is 0.340 e. The molecule has 0 heterocycles. The van der Waals surface area contributed by atoms with Crippen LogP contribution in [0.15, 0.2) is 24.3 Å². The first-order chi connectivity index (χ1) is 7.50. The number of esters is 2. The zero-order valence-electron chi connectivity index (χ0n) is 9.06. The fourth-order valence-corrected chi connectivity index (χ4v) is 1.17. The van der Waals surface area contributed by atoms with Crippen LogP contribution in [0.2, 0.25) is 0 Å². The lowest BCUT2D eigenvalue weighted by atomic mass is 10.1. The van der Waals surface area contributed by atoms with Gasteiger partial charge in [-0.15, -0.1) is 0 Å². The van der Waals surface area contributed by atoms with E-state index in [1.807, 2.05) is 0 Å². The highest BCUT2D eigenvalue weighted by Crippen LogP contribution is 2.22. The second kappa shape index (κ2) is 4.74. The Hall–Kier alpha value is -1.91. The Morgan fingerprint density at radius 1 is 1.31 bits per heavy atom. The van der Waals surface area contributed by atoms with E-state index in [-0.39, 0.29) is 6.42 Å². The highest BCUT2D eigenvalue weighted by molar-refractivity contribution is 6.01. The van der Waals surface area contributed by atoms with Gasteiger partial charge in [0.15, 0.2) is 0 Å². The number of rotatable bonds is 3. The van der Waals surface area contributed by atoms with Gasteiger partial charge in [-0.25, -0.2) is 0 Å². The molecule has 16 heavy (non-hydrogen) atoms. The summed E-state index contributed by atoms with van der Waals surface area (Å²) in [6, 6.07) is 0. The number of ketones is 1. The van der Waals surface area contributed by atoms with Crippen LogP contribution in [-0.4, -0.2) is 23.5 Å². The number of carbonyl (C=O) groups is 3. The Kier molecular flexibility index (Phi) is 3.60. The third-order valence-electron chi connectivity index (χ3n) is 1.87. The van der Waals surface area contributed by atoms with Gasteiger partial charge in [-0.2, -0.15) is 0 Å². The van der Waals surface area contributed by atoms with E-state index < -0.39 is 23.5 Å². The maximum absolute atomic E-state index is 11.6. The van der Waals surface area contributed by atoms with Gasteiger partial charge in [0.25, 0.3) is 0 Å². The van der Waals surface area contributed by atoms with Crippen molar-refractivity contribution in [3.8, 4) is 0 Å². The Balaban J connectivity index is 2.97. The maximum atomic E-state index is 11.6. The molecule has 0 amide bonds. The molecule has 0 saturated carbocycles. The summed E-state index contributed by atoms with van der Waals surface area (Å²) in [6.07, 6.45) is 5.47. The van der Waals surface area contributed by atoms with Gasteiger partial charge in [0.05, 0.1) is 0 Å². The van der Waals surface area contributed by atoms with Crippen LogP contribution in [0.25, 0.3) is 0 Å². The Labute approximate surface area is 92.7 Å². The Bertz CT molecular complexity index is 380. The van der Waals surface area contributed by atoms with Crippen molar-refractivity contribution >= 4 is 17.7 Å². The van der Waals surface area contributed by atoms with Crippen molar-refractivity contribution in [2.75, 3.05) is 0 Å². The molecule has 5 heteroatoms. The van der Waals surface area contributed by atoms with E-state index in [0.717, 1.165) is 6.92 Å². The van der Waals surface area contributed by atoms with E-state index in [4.69, 9.17) is 9.47 Å². The van der Waals surface area contributed by atoms with Crippen LogP contribution < -0.4 is 0 Å². The van der Waals surface area contributed by atoms with Crippen LogP contribution in [0.1, 0.15) is 20.3 Å². The predicted molar refractivity (Wildman–Crippen MR) is 54.2 cm³/mol. The summed E-state index contributed by atoms with van der Waals surface area (Å²) in [6.45, 7) is 2.72. The molecule has 86 valence electrons. The van der Waals surface area contributed by atoms with Crippen molar-refractivity contribution in [1.82, 2.24) is 0 Å². The molecular formula is C11H12O5. The van der Waals surface area contributed by atoms with E-state index >= 15 is 0 Å². The van der Waals surface area contributed by atoms with E-state index in [1.165, 1.54) is 24.3 Å². The lowest BCUT2D eigenvalue weighted by molar-refractivity contribution is -0.208. The molecule has 1 rings (SSSR count). The average molecular weight is 224 g/mol. The molecule has 0 radical (unpaired) electrons. The first-order valence-electron chi connectivity index (χ1n) is 4.82. The van der Waals surface area contributed by atoms with E-state index in [2.05, 4.69) is 0 Å². The van der Waals surface area contributed by atoms with Gasteiger partial charge >= 0.3 is 17.7 Å². The van der Waals surface area contributed by atoms with Gasteiger partial charge in [-0.05, 0) is 6.08 Å². The zero-order valence-corrected chi connectivity index (χ0v) is 9.06. The van der Waals surface area contributed by atoms with Crippen LogP contribution in [-0.2, 0) is 23.9 Å². The third kappa shape index (κ3) is 2.56. The zero-order chi connectivity index (χ0) is 12.2. The minimum atomic E-state index is -1.92. The standard InChI is InChI=1S/C11H12O5/c1-3-10(14)16-11(15-8(2)12)7-5-4-6-9(11)13/h4-7H,3H2,1-2H3. The van der Waals surface area contributed by atoms with Crippen LogP contribution >= 0.6 is 0 Å². The van der Waals surface area contributed by atoms with Crippen LogP contribution in [0.3, 0.4) is 0 Å². The summed E-state index contributed by atoms with van der Waals surface area (Å²) in [5, 5.41) is 0. The lowest BCUT2D eigenvalue weighted by Crippen LogP contribution is -2.45. The molecule has 1 aliphatic rings. The summed E-state index contributed by atoms with van der Waals surface area (Å²) < 4.78 is 9.68. The van der Waals surface area contributed by atoms with Crippen molar-refractivity contribution in [3.05, 3.63) is 24.3 Å². The van der Waals surface area contributed by atoms with Gasteiger partial charge in [-0.3, -0.25) is 14.4 Å². The van der Waals surface area contributed by atoms with Gasteiger partial charge < -0.3 is 9.47 Å². The average Bonchev–Trinajstić information content (AvgIpc) is 2.21. The molecule has 1 unspecified atom stereocenters. The molecule has 0 N–H and O–H groups in total. The molecule has 0 aromatic heterocycles. The van der Waals surface area contributed by atoms with Gasteiger partial charge in [0.2, 0.25) is 5.78 Å². The molecule has 1 aliphatic carbocycles.